The molecule has 9 nitrogen and oxygen atoms in total. The van der Waals surface area contributed by atoms with Gasteiger partial charge in [0.1, 0.15) is 6.61 Å². The van der Waals surface area contributed by atoms with Crippen LogP contribution < -0.4 is 20.7 Å². The van der Waals surface area contributed by atoms with Gasteiger partial charge in [0, 0.05) is 44.3 Å². The van der Waals surface area contributed by atoms with Crippen LogP contribution >= 0.6 is 0 Å². The topological polar surface area (TPSA) is 109 Å². The molecule has 0 atom stereocenters. The van der Waals surface area contributed by atoms with Crippen molar-refractivity contribution in [2.45, 2.75) is 38.2 Å². The van der Waals surface area contributed by atoms with Crippen molar-refractivity contribution in [3.63, 3.8) is 0 Å². The maximum atomic E-state index is 12.9. The maximum Gasteiger partial charge on any atom is 0.321 e. The number of nitrogen functional groups attached to an aromatic ring is 1. The summed E-state index contributed by atoms with van der Waals surface area (Å²) < 4.78 is 6.00. The molecule has 5 rings (SSSR count). The Balaban J connectivity index is 1.17. The lowest BCUT2D eigenvalue weighted by Gasteiger charge is -2.35. The van der Waals surface area contributed by atoms with Crippen LogP contribution in [-0.2, 0) is 6.61 Å². The van der Waals surface area contributed by atoms with Gasteiger partial charge in [0.2, 0.25) is 5.95 Å². The molecule has 0 unspecified atom stereocenters. The van der Waals surface area contributed by atoms with Gasteiger partial charge < -0.3 is 25.6 Å². The molecule has 0 bridgehead atoms. The fourth-order valence-corrected chi connectivity index (χ4v) is 4.83. The lowest BCUT2D eigenvalue weighted by Crippen LogP contribution is -2.50. The molecule has 2 amide bonds. The van der Waals surface area contributed by atoms with Crippen LogP contribution in [0.25, 0.3) is 0 Å². The van der Waals surface area contributed by atoms with E-state index in [0.29, 0.717) is 43.5 Å². The number of amides is 2. The van der Waals surface area contributed by atoms with Gasteiger partial charge in [-0.25, -0.2) is 19.7 Å². The predicted octanol–water partition coefficient (Wildman–Crippen LogP) is 4.04. The third-order valence-electron chi connectivity index (χ3n) is 6.69. The lowest BCUT2D eigenvalue weighted by atomic mass is 9.97. The van der Waals surface area contributed by atoms with Gasteiger partial charge in [-0.05, 0) is 54.7 Å². The highest BCUT2D eigenvalue weighted by atomic mass is 16.5. The highest BCUT2D eigenvalue weighted by Gasteiger charge is 2.24. The van der Waals surface area contributed by atoms with E-state index in [9.17, 15) is 4.79 Å². The van der Waals surface area contributed by atoms with E-state index in [2.05, 4.69) is 37.3 Å². The Morgan fingerprint density at radius 2 is 1.86 bits per heavy atom. The molecule has 3 heterocycles. The number of nitrogens with zero attached hydrogens (tertiary/aromatic N) is 5. The zero-order valence-corrected chi connectivity index (χ0v) is 19.8. The Labute approximate surface area is 205 Å². The zero-order chi connectivity index (χ0) is 24.0. The Kier molecular flexibility index (Phi) is 6.92. The minimum atomic E-state index is -0.0629. The number of hydrogen-bond acceptors (Lipinski definition) is 7. The summed E-state index contributed by atoms with van der Waals surface area (Å²) in [4.78, 5) is 29.6. The Hall–Kier alpha value is -3.88. The number of pyridine rings is 1. The van der Waals surface area contributed by atoms with Crippen LogP contribution in [0.1, 0.15) is 42.9 Å². The number of rotatable bonds is 6. The predicted molar refractivity (Wildman–Crippen MR) is 135 cm³/mol. The molecule has 35 heavy (non-hydrogen) atoms. The summed E-state index contributed by atoms with van der Waals surface area (Å²) in [6, 6.07) is 13.8. The second-order valence-corrected chi connectivity index (χ2v) is 9.03. The van der Waals surface area contributed by atoms with Gasteiger partial charge in [-0.1, -0.05) is 25.0 Å². The van der Waals surface area contributed by atoms with E-state index in [1.54, 1.807) is 18.5 Å². The second kappa shape index (κ2) is 10.6. The molecule has 1 aromatic carbocycles. The van der Waals surface area contributed by atoms with Crippen molar-refractivity contribution in [3.8, 4) is 5.75 Å². The number of carbonyl (C=O) groups excluding carboxylic acids is 1. The number of aromatic nitrogens is 3. The van der Waals surface area contributed by atoms with Crippen LogP contribution in [0.5, 0.6) is 5.75 Å². The van der Waals surface area contributed by atoms with Crippen LogP contribution in [0, 0.1) is 0 Å². The average molecular weight is 474 g/mol. The van der Waals surface area contributed by atoms with Gasteiger partial charge in [0.15, 0.2) is 11.6 Å². The van der Waals surface area contributed by atoms with Crippen molar-refractivity contribution < 1.29 is 9.53 Å². The van der Waals surface area contributed by atoms with Gasteiger partial charge in [-0.15, -0.1) is 0 Å². The molecule has 0 radical (unpaired) electrons. The molecule has 0 spiro atoms. The monoisotopic (exact) mass is 473 g/mol. The number of nitrogens with two attached hydrogens (primary N) is 1. The molecule has 2 aromatic heterocycles. The number of carbonyl (C=O) groups is 1. The van der Waals surface area contributed by atoms with Crippen molar-refractivity contribution in [3.05, 3.63) is 66.1 Å². The van der Waals surface area contributed by atoms with E-state index >= 15 is 0 Å². The first-order valence-electron chi connectivity index (χ1n) is 12.2. The molecule has 3 aromatic rings. The normalized spacial score (nSPS) is 16.3. The first-order chi connectivity index (χ1) is 17.2. The molecule has 1 aliphatic carbocycles. The van der Waals surface area contributed by atoms with Gasteiger partial charge in [-0.3, -0.25) is 0 Å². The molecule has 182 valence electrons. The number of hydrogen-bond donors (Lipinski definition) is 2. The molecular weight excluding hydrogens is 442 g/mol. The minimum Gasteiger partial charge on any atom is -0.483 e. The average Bonchev–Trinajstić information content (AvgIpc) is 3.43. The standard InChI is InChI=1S/C26H31N7O2/c27-25-29-12-10-22(30-25)18-35-23-9-4-11-28-24(23)32-13-15-33(16-14-32)26(34)31-21-8-3-7-20(17-21)19-5-1-2-6-19/h3-4,7-12,17,19H,1-2,5-6,13-16,18H2,(H,31,34)(H2,27,29,30). The summed E-state index contributed by atoms with van der Waals surface area (Å²) in [5, 5.41) is 3.09. The van der Waals surface area contributed by atoms with Crippen molar-refractivity contribution in [1.82, 2.24) is 19.9 Å². The summed E-state index contributed by atoms with van der Waals surface area (Å²) in [7, 11) is 0. The molecule has 9 heteroatoms. The first-order valence-corrected chi connectivity index (χ1v) is 12.2. The minimum absolute atomic E-state index is 0.0629. The highest BCUT2D eigenvalue weighted by molar-refractivity contribution is 5.89. The quantitative estimate of drug-likeness (QED) is 0.556. The third kappa shape index (κ3) is 5.62. The van der Waals surface area contributed by atoms with Crippen LogP contribution in [0.15, 0.2) is 54.9 Å². The first kappa shape index (κ1) is 22.9. The number of urea groups is 1. The van der Waals surface area contributed by atoms with Gasteiger partial charge >= 0.3 is 6.03 Å². The molecule has 1 saturated carbocycles. The van der Waals surface area contributed by atoms with Crippen molar-refractivity contribution >= 4 is 23.5 Å². The van der Waals surface area contributed by atoms with Crippen LogP contribution in [0.3, 0.4) is 0 Å². The number of nitrogens with one attached hydrogen (secondary N) is 1. The van der Waals surface area contributed by atoms with Crippen LogP contribution in [0.2, 0.25) is 0 Å². The van der Waals surface area contributed by atoms with Crippen molar-refractivity contribution in [1.29, 1.82) is 0 Å². The summed E-state index contributed by atoms with van der Waals surface area (Å²) >= 11 is 0. The molecule has 3 N–H and O–H groups in total. The largest absolute Gasteiger partial charge is 0.483 e. The molecule has 2 fully saturated rings. The Morgan fingerprint density at radius 3 is 2.66 bits per heavy atom. The molecular formula is C26H31N7O2. The Bertz CT molecular complexity index is 1160. The Morgan fingerprint density at radius 1 is 1.03 bits per heavy atom. The smallest absolute Gasteiger partial charge is 0.321 e. The van der Waals surface area contributed by atoms with E-state index < -0.39 is 0 Å². The summed E-state index contributed by atoms with van der Waals surface area (Å²) in [6.07, 6.45) is 8.44. The fraction of sp³-hybridized carbons (Fsp3) is 0.385. The van der Waals surface area contributed by atoms with Gasteiger partial charge in [-0.2, -0.15) is 0 Å². The zero-order valence-electron chi connectivity index (χ0n) is 19.8. The molecule has 1 aliphatic heterocycles. The van der Waals surface area contributed by atoms with E-state index in [4.69, 9.17) is 10.5 Å². The third-order valence-corrected chi connectivity index (χ3v) is 6.69. The van der Waals surface area contributed by atoms with Crippen molar-refractivity contribution in [2.75, 3.05) is 42.1 Å². The van der Waals surface area contributed by atoms with Gasteiger partial charge in [0.25, 0.3) is 0 Å². The molecule has 2 aliphatic rings. The SMILES string of the molecule is Nc1nccc(COc2cccnc2N2CCN(C(=O)Nc3cccc(C4CCCC4)c3)CC2)n1. The van der Waals surface area contributed by atoms with E-state index in [1.807, 2.05) is 29.2 Å². The summed E-state index contributed by atoms with van der Waals surface area (Å²) in [6.45, 7) is 2.82. The van der Waals surface area contributed by atoms with Crippen LogP contribution in [0.4, 0.5) is 22.2 Å². The number of benzene rings is 1. The number of piperazine rings is 1. The lowest BCUT2D eigenvalue weighted by molar-refractivity contribution is 0.208. The van der Waals surface area contributed by atoms with E-state index in [1.165, 1.54) is 31.2 Å². The highest BCUT2D eigenvalue weighted by Crippen LogP contribution is 2.35. The maximum absolute atomic E-state index is 12.9. The fourth-order valence-electron chi connectivity index (χ4n) is 4.83. The van der Waals surface area contributed by atoms with E-state index in [-0.39, 0.29) is 18.6 Å². The number of anilines is 3. The van der Waals surface area contributed by atoms with Gasteiger partial charge in [0.05, 0.1) is 5.69 Å². The number of ether oxygens (including phenoxy) is 1. The summed E-state index contributed by atoms with van der Waals surface area (Å²) in [5.41, 5.74) is 8.56. The second-order valence-electron chi connectivity index (χ2n) is 9.03. The molecule has 1 saturated heterocycles. The van der Waals surface area contributed by atoms with Crippen LogP contribution in [-0.4, -0.2) is 52.1 Å². The van der Waals surface area contributed by atoms with Crippen molar-refractivity contribution in [2.24, 2.45) is 0 Å². The summed E-state index contributed by atoms with van der Waals surface area (Å²) in [5.74, 6) is 2.28. The van der Waals surface area contributed by atoms with E-state index in [0.717, 1.165) is 11.5 Å².